The van der Waals surface area contributed by atoms with Crippen molar-refractivity contribution in [2.45, 2.75) is 50.3 Å². The Labute approximate surface area is 204 Å². The third-order valence-electron chi connectivity index (χ3n) is 5.91. The maximum Gasteiger partial charge on any atom is 0.335 e. The molecule has 3 aromatic rings. The maximum atomic E-state index is 12.2. The average molecular weight is 479 g/mol. The fourth-order valence-electron chi connectivity index (χ4n) is 4.13. The van der Waals surface area contributed by atoms with Gasteiger partial charge in [-0.1, -0.05) is 91.0 Å². The van der Waals surface area contributed by atoms with Crippen LogP contribution < -0.4 is 0 Å². The predicted octanol–water partition coefficient (Wildman–Crippen LogP) is 3.59. The van der Waals surface area contributed by atoms with E-state index in [-0.39, 0.29) is 19.8 Å². The van der Waals surface area contributed by atoms with Crippen molar-refractivity contribution >= 4 is 5.97 Å². The summed E-state index contributed by atoms with van der Waals surface area (Å²) in [6, 6.07) is 28.7. The highest BCUT2D eigenvalue weighted by Crippen LogP contribution is 2.30. The van der Waals surface area contributed by atoms with Crippen molar-refractivity contribution in [3.63, 3.8) is 0 Å². The van der Waals surface area contributed by atoms with Gasteiger partial charge in [-0.3, -0.25) is 0 Å². The second kappa shape index (κ2) is 12.6. The highest BCUT2D eigenvalue weighted by atomic mass is 16.6. The molecule has 0 aliphatic carbocycles. The fourth-order valence-corrected chi connectivity index (χ4v) is 4.13. The molecule has 3 aromatic carbocycles. The van der Waals surface area contributed by atoms with Crippen molar-refractivity contribution < 1.29 is 34.0 Å². The van der Waals surface area contributed by atoms with Crippen molar-refractivity contribution in [1.29, 1.82) is 0 Å². The van der Waals surface area contributed by atoms with E-state index in [1.165, 1.54) is 0 Å². The highest BCUT2D eigenvalue weighted by Gasteiger charge is 2.50. The Morgan fingerprint density at radius 2 is 1.06 bits per heavy atom. The smallest absolute Gasteiger partial charge is 0.335 e. The molecule has 35 heavy (non-hydrogen) atoms. The van der Waals surface area contributed by atoms with Crippen LogP contribution in [0.5, 0.6) is 0 Å². The summed E-state index contributed by atoms with van der Waals surface area (Å²) in [6.45, 7) is 0.241. The van der Waals surface area contributed by atoms with Crippen LogP contribution in [-0.2, 0) is 43.6 Å². The lowest BCUT2D eigenvalue weighted by Gasteiger charge is -2.44. The first-order chi connectivity index (χ1) is 17.2. The van der Waals surface area contributed by atoms with Gasteiger partial charge in [-0.25, -0.2) is 4.79 Å². The van der Waals surface area contributed by atoms with Crippen molar-refractivity contribution in [3.05, 3.63) is 108 Å². The number of carbonyl (C=O) groups is 1. The van der Waals surface area contributed by atoms with Crippen molar-refractivity contribution in [3.8, 4) is 0 Å². The molecular weight excluding hydrogens is 448 g/mol. The Balaban J connectivity index is 1.60. The van der Waals surface area contributed by atoms with Gasteiger partial charge < -0.3 is 29.2 Å². The minimum absolute atomic E-state index is 0.180. The van der Waals surface area contributed by atoms with Gasteiger partial charge in [0.05, 0.1) is 26.4 Å². The Morgan fingerprint density at radius 3 is 1.46 bits per heavy atom. The molecule has 1 heterocycles. The number of aliphatic hydroxyl groups is 1. The summed E-state index contributed by atoms with van der Waals surface area (Å²) in [6.07, 6.45) is -4.72. The molecular formula is C28H30O7. The van der Waals surface area contributed by atoms with Crippen LogP contribution in [0.25, 0.3) is 0 Å². The van der Waals surface area contributed by atoms with E-state index < -0.39 is 43.1 Å². The summed E-state index contributed by atoms with van der Waals surface area (Å²) < 4.78 is 24.4. The monoisotopic (exact) mass is 478 g/mol. The van der Waals surface area contributed by atoms with Gasteiger partial charge in [-0.2, -0.15) is 0 Å². The molecule has 0 saturated carbocycles. The summed E-state index contributed by atoms with van der Waals surface area (Å²) in [4.78, 5) is 12.2. The van der Waals surface area contributed by atoms with Crippen LogP contribution in [0.15, 0.2) is 91.0 Å². The number of carboxylic acids is 1. The number of aliphatic hydroxyl groups excluding tert-OH is 1. The van der Waals surface area contributed by atoms with Crippen LogP contribution in [0.4, 0.5) is 0 Å². The predicted molar refractivity (Wildman–Crippen MR) is 128 cm³/mol. The molecule has 0 radical (unpaired) electrons. The number of carboxylic acid groups (broad SMARTS) is 1. The molecule has 1 aliphatic rings. The van der Waals surface area contributed by atoms with E-state index in [1.54, 1.807) is 0 Å². The van der Waals surface area contributed by atoms with E-state index >= 15 is 0 Å². The lowest BCUT2D eigenvalue weighted by molar-refractivity contribution is -0.269. The lowest BCUT2D eigenvalue weighted by Crippen LogP contribution is -2.62. The minimum Gasteiger partial charge on any atom is -0.479 e. The molecule has 1 fully saturated rings. The summed E-state index contributed by atoms with van der Waals surface area (Å²) in [5.41, 5.74) is 2.76. The Morgan fingerprint density at radius 1 is 0.657 bits per heavy atom. The Kier molecular flexibility index (Phi) is 9.00. The molecule has 7 nitrogen and oxygen atoms in total. The minimum atomic E-state index is -1.33. The molecule has 1 aliphatic heterocycles. The Bertz CT molecular complexity index is 1030. The van der Waals surface area contributed by atoms with E-state index in [2.05, 4.69) is 0 Å². The second-order valence-electron chi connectivity index (χ2n) is 8.40. The van der Waals surface area contributed by atoms with Gasteiger partial charge in [0.2, 0.25) is 0 Å². The summed E-state index contributed by atoms with van der Waals surface area (Å²) >= 11 is 0. The van der Waals surface area contributed by atoms with Gasteiger partial charge in [-0.15, -0.1) is 0 Å². The molecule has 0 amide bonds. The van der Waals surface area contributed by atoms with Gasteiger partial charge >= 0.3 is 5.97 Å². The van der Waals surface area contributed by atoms with Gasteiger partial charge in [0.15, 0.2) is 6.10 Å². The van der Waals surface area contributed by atoms with E-state index in [1.807, 2.05) is 91.0 Å². The first-order valence-electron chi connectivity index (χ1n) is 11.6. The topological polar surface area (TPSA) is 94.5 Å². The standard InChI is InChI=1S/C28H30O7/c29-16-23-24(32-17-20-10-4-1-5-11-20)25(33-18-21-12-6-2-7-13-21)26(27(35-23)28(30)31)34-19-22-14-8-3-9-15-22/h1-15,23-27,29H,16-19H2,(H,30,31)/t23-,24+,25+,26-,27+/m0/s1. The van der Waals surface area contributed by atoms with Crippen molar-refractivity contribution in [2.24, 2.45) is 0 Å². The normalized spacial score (nSPS) is 24.2. The van der Waals surface area contributed by atoms with Gasteiger partial charge in [-0.05, 0) is 16.7 Å². The highest BCUT2D eigenvalue weighted by molar-refractivity contribution is 5.73. The van der Waals surface area contributed by atoms with Crippen LogP contribution in [0, 0.1) is 0 Å². The van der Waals surface area contributed by atoms with Crippen LogP contribution in [0.1, 0.15) is 16.7 Å². The number of hydrogen-bond acceptors (Lipinski definition) is 6. The number of benzene rings is 3. The molecule has 0 aromatic heterocycles. The third-order valence-corrected chi connectivity index (χ3v) is 5.91. The molecule has 2 N–H and O–H groups in total. The second-order valence-corrected chi connectivity index (χ2v) is 8.40. The molecule has 0 bridgehead atoms. The van der Waals surface area contributed by atoms with Gasteiger partial charge in [0.25, 0.3) is 0 Å². The molecule has 1 saturated heterocycles. The zero-order chi connectivity index (χ0) is 24.5. The molecule has 7 heteroatoms. The zero-order valence-corrected chi connectivity index (χ0v) is 19.3. The number of hydrogen-bond donors (Lipinski definition) is 2. The zero-order valence-electron chi connectivity index (χ0n) is 19.3. The maximum absolute atomic E-state index is 12.2. The first kappa shape index (κ1) is 25.0. The summed E-state index contributed by atoms with van der Waals surface area (Å²) in [5, 5.41) is 20.0. The summed E-state index contributed by atoms with van der Waals surface area (Å²) in [7, 11) is 0. The quantitative estimate of drug-likeness (QED) is 0.435. The number of rotatable bonds is 11. The third kappa shape index (κ3) is 6.75. The van der Waals surface area contributed by atoms with Crippen molar-refractivity contribution in [1.82, 2.24) is 0 Å². The summed E-state index contributed by atoms with van der Waals surface area (Å²) in [5.74, 6) is -1.18. The van der Waals surface area contributed by atoms with Gasteiger partial charge in [0.1, 0.15) is 24.4 Å². The van der Waals surface area contributed by atoms with Crippen molar-refractivity contribution in [2.75, 3.05) is 6.61 Å². The molecule has 0 unspecified atom stereocenters. The average Bonchev–Trinajstić information content (AvgIpc) is 2.91. The van der Waals surface area contributed by atoms with Crippen LogP contribution >= 0.6 is 0 Å². The lowest BCUT2D eigenvalue weighted by atomic mass is 9.94. The largest absolute Gasteiger partial charge is 0.479 e. The molecule has 0 spiro atoms. The first-order valence-corrected chi connectivity index (χ1v) is 11.6. The van der Waals surface area contributed by atoms with E-state index in [4.69, 9.17) is 18.9 Å². The Hall–Kier alpha value is -3.07. The molecule has 4 rings (SSSR count). The molecule has 5 atom stereocenters. The van der Waals surface area contributed by atoms with Gasteiger partial charge in [0, 0.05) is 0 Å². The van der Waals surface area contributed by atoms with Crippen LogP contribution in [-0.4, -0.2) is 53.3 Å². The number of aliphatic carboxylic acids is 1. The van der Waals surface area contributed by atoms with Crippen LogP contribution in [0.2, 0.25) is 0 Å². The van der Waals surface area contributed by atoms with E-state index in [0.29, 0.717) is 0 Å². The fraction of sp³-hybridized carbons (Fsp3) is 0.321. The van der Waals surface area contributed by atoms with E-state index in [0.717, 1.165) is 16.7 Å². The molecule has 184 valence electrons. The van der Waals surface area contributed by atoms with E-state index in [9.17, 15) is 15.0 Å². The van der Waals surface area contributed by atoms with Crippen LogP contribution in [0.3, 0.4) is 0 Å². The SMILES string of the molecule is O=C(O)[C@@H]1O[C@@H](CO)[C@@H](OCc2ccccc2)[C@@H](OCc2ccccc2)[C@@H]1OCc1ccccc1. The number of ether oxygens (including phenoxy) is 4.